The molecular formula is C14H9ClO2S. The Morgan fingerprint density at radius 2 is 1.22 bits per heavy atom. The maximum atomic E-state index is 11.8. The second-order valence-corrected chi connectivity index (χ2v) is 6.59. The second kappa shape index (κ2) is 3.97. The van der Waals surface area contributed by atoms with Gasteiger partial charge in [0.1, 0.15) is 0 Å². The van der Waals surface area contributed by atoms with Crippen LogP contribution in [0.3, 0.4) is 0 Å². The number of benzene rings is 3. The van der Waals surface area contributed by atoms with E-state index >= 15 is 0 Å². The molecule has 0 saturated heterocycles. The smallest absolute Gasteiger partial charge is 0.207 e. The van der Waals surface area contributed by atoms with Crippen LogP contribution in [-0.2, 0) is 9.05 Å². The molecule has 18 heavy (non-hydrogen) atoms. The van der Waals surface area contributed by atoms with Crippen LogP contribution in [0.2, 0.25) is 0 Å². The van der Waals surface area contributed by atoms with Crippen molar-refractivity contribution in [1.82, 2.24) is 0 Å². The van der Waals surface area contributed by atoms with Gasteiger partial charge in [-0.2, -0.15) is 0 Å². The van der Waals surface area contributed by atoms with Gasteiger partial charge in [0.25, 0.3) is 9.05 Å². The first kappa shape index (κ1) is 11.5. The van der Waals surface area contributed by atoms with Gasteiger partial charge in [0.05, 0.1) is 4.90 Å². The molecular weight excluding hydrogens is 268 g/mol. The van der Waals surface area contributed by atoms with Crippen LogP contribution in [0.15, 0.2) is 59.5 Å². The zero-order valence-corrected chi connectivity index (χ0v) is 10.9. The third-order valence-corrected chi connectivity index (χ3v) is 4.36. The van der Waals surface area contributed by atoms with Crippen molar-refractivity contribution in [1.29, 1.82) is 0 Å². The molecule has 0 aromatic heterocycles. The Labute approximate surface area is 109 Å². The van der Waals surface area contributed by atoms with Gasteiger partial charge in [-0.05, 0) is 16.8 Å². The van der Waals surface area contributed by atoms with Gasteiger partial charge in [0.15, 0.2) is 0 Å². The molecule has 0 heterocycles. The van der Waals surface area contributed by atoms with Crippen LogP contribution in [-0.4, -0.2) is 8.42 Å². The van der Waals surface area contributed by atoms with Crippen LogP contribution in [0.4, 0.5) is 0 Å². The van der Waals surface area contributed by atoms with Gasteiger partial charge in [-0.25, -0.2) is 8.42 Å². The Morgan fingerprint density at radius 3 is 1.67 bits per heavy atom. The molecule has 3 aromatic rings. The third kappa shape index (κ3) is 1.76. The highest BCUT2D eigenvalue weighted by Crippen LogP contribution is 2.33. The first-order valence-corrected chi connectivity index (χ1v) is 7.73. The summed E-state index contributed by atoms with van der Waals surface area (Å²) in [7, 11) is 1.80. The van der Waals surface area contributed by atoms with Gasteiger partial charge < -0.3 is 0 Å². The molecule has 0 saturated carbocycles. The van der Waals surface area contributed by atoms with Gasteiger partial charge in [-0.1, -0.05) is 48.5 Å². The van der Waals surface area contributed by atoms with Gasteiger partial charge in [-0.3, -0.25) is 0 Å². The summed E-state index contributed by atoms with van der Waals surface area (Å²) < 4.78 is 23.7. The molecule has 3 aromatic carbocycles. The number of fused-ring (bicyclic) bond motifs is 2. The van der Waals surface area contributed by atoms with Crippen molar-refractivity contribution in [3.8, 4) is 0 Å². The second-order valence-electron chi connectivity index (χ2n) is 4.09. The largest absolute Gasteiger partial charge is 0.262 e. The van der Waals surface area contributed by atoms with Crippen molar-refractivity contribution in [2.75, 3.05) is 0 Å². The predicted molar refractivity (Wildman–Crippen MR) is 74.5 cm³/mol. The number of hydrogen-bond donors (Lipinski definition) is 0. The van der Waals surface area contributed by atoms with E-state index in [1.165, 1.54) is 0 Å². The Bertz CT molecular complexity index is 800. The first-order valence-electron chi connectivity index (χ1n) is 5.42. The van der Waals surface area contributed by atoms with Crippen LogP contribution < -0.4 is 0 Å². The van der Waals surface area contributed by atoms with Crippen LogP contribution in [0.5, 0.6) is 0 Å². The fourth-order valence-corrected chi connectivity index (χ4v) is 3.63. The topological polar surface area (TPSA) is 34.1 Å². The van der Waals surface area contributed by atoms with E-state index in [1.54, 1.807) is 12.1 Å². The van der Waals surface area contributed by atoms with Crippen LogP contribution >= 0.6 is 10.7 Å². The molecule has 0 fully saturated rings. The highest BCUT2D eigenvalue weighted by atomic mass is 35.7. The zero-order chi connectivity index (χ0) is 12.8. The summed E-state index contributed by atoms with van der Waals surface area (Å²) in [4.78, 5) is 0.192. The Hall–Kier alpha value is -1.58. The maximum Gasteiger partial charge on any atom is 0.262 e. The average molecular weight is 277 g/mol. The Kier molecular flexibility index (Phi) is 2.54. The summed E-state index contributed by atoms with van der Waals surface area (Å²) in [6.45, 7) is 0. The average Bonchev–Trinajstić information content (AvgIpc) is 2.34. The molecule has 0 bridgehead atoms. The van der Waals surface area contributed by atoms with E-state index in [0.717, 1.165) is 10.8 Å². The zero-order valence-electron chi connectivity index (χ0n) is 9.30. The van der Waals surface area contributed by atoms with E-state index in [0.29, 0.717) is 10.8 Å². The van der Waals surface area contributed by atoms with E-state index in [4.69, 9.17) is 10.7 Å². The van der Waals surface area contributed by atoms with Crippen molar-refractivity contribution >= 4 is 41.3 Å². The maximum absolute atomic E-state index is 11.8. The predicted octanol–water partition coefficient (Wildman–Crippen LogP) is 3.92. The van der Waals surface area contributed by atoms with Crippen molar-refractivity contribution < 1.29 is 8.42 Å². The van der Waals surface area contributed by atoms with Gasteiger partial charge >= 0.3 is 0 Å². The van der Waals surface area contributed by atoms with Crippen LogP contribution in [0, 0.1) is 0 Å². The molecule has 0 aliphatic carbocycles. The molecule has 0 N–H and O–H groups in total. The Balaban J connectivity index is 2.67. The quantitative estimate of drug-likeness (QED) is 0.499. The van der Waals surface area contributed by atoms with E-state index < -0.39 is 9.05 Å². The van der Waals surface area contributed by atoms with Gasteiger partial charge in [0, 0.05) is 21.5 Å². The lowest BCUT2D eigenvalue weighted by Crippen LogP contribution is -1.94. The lowest BCUT2D eigenvalue weighted by atomic mass is 10.0. The fraction of sp³-hybridized carbons (Fsp3) is 0. The van der Waals surface area contributed by atoms with Crippen LogP contribution in [0.1, 0.15) is 0 Å². The highest BCUT2D eigenvalue weighted by Gasteiger charge is 2.18. The number of rotatable bonds is 1. The summed E-state index contributed by atoms with van der Waals surface area (Å²) in [5.74, 6) is 0. The molecule has 4 heteroatoms. The third-order valence-electron chi connectivity index (χ3n) is 2.97. The first-order chi connectivity index (χ1) is 8.57. The van der Waals surface area contributed by atoms with Crippen LogP contribution in [0.25, 0.3) is 21.5 Å². The molecule has 90 valence electrons. The van der Waals surface area contributed by atoms with E-state index in [1.807, 2.05) is 42.5 Å². The summed E-state index contributed by atoms with van der Waals surface area (Å²) >= 11 is 0. The number of hydrogen-bond acceptors (Lipinski definition) is 2. The summed E-state index contributed by atoms with van der Waals surface area (Å²) in [6, 6.07) is 16.7. The lowest BCUT2D eigenvalue weighted by Gasteiger charge is -2.08. The van der Waals surface area contributed by atoms with E-state index in [-0.39, 0.29) is 4.90 Å². The van der Waals surface area contributed by atoms with Crippen molar-refractivity contribution in [3.05, 3.63) is 54.6 Å². The van der Waals surface area contributed by atoms with Gasteiger partial charge in [-0.15, -0.1) is 0 Å². The van der Waals surface area contributed by atoms with E-state index in [9.17, 15) is 8.42 Å². The summed E-state index contributed by atoms with van der Waals surface area (Å²) in [5, 5.41) is 3.06. The highest BCUT2D eigenvalue weighted by molar-refractivity contribution is 8.14. The molecule has 0 unspecified atom stereocenters. The molecule has 2 nitrogen and oxygen atoms in total. The lowest BCUT2D eigenvalue weighted by molar-refractivity contribution is 0.611. The molecule has 0 radical (unpaired) electrons. The molecule has 0 aliphatic heterocycles. The SMILES string of the molecule is O=S(=O)(Cl)c1c2ccccc2cc2ccccc12. The van der Waals surface area contributed by atoms with Gasteiger partial charge in [0.2, 0.25) is 0 Å². The fourth-order valence-electron chi connectivity index (χ4n) is 2.23. The van der Waals surface area contributed by atoms with E-state index in [2.05, 4.69) is 0 Å². The normalized spacial score (nSPS) is 12.1. The minimum Gasteiger partial charge on any atom is -0.207 e. The molecule has 0 aliphatic rings. The molecule has 0 amide bonds. The molecule has 0 spiro atoms. The summed E-state index contributed by atoms with van der Waals surface area (Å²) in [5.41, 5.74) is 0. The summed E-state index contributed by atoms with van der Waals surface area (Å²) in [6.07, 6.45) is 0. The van der Waals surface area contributed by atoms with Crippen molar-refractivity contribution in [3.63, 3.8) is 0 Å². The Morgan fingerprint density at radius 1 is 0.778 bits per heavy atom. The minimum atomic E-state index is -3.78. The monoisotopic (exact) mass is 276 g/mol. The van der Waals surface area contributed by atoms with Crippen molar-refractivity contribution in [2.45, 2.75) is 4.90 Å². The minimum absolute atomic E-state index is 0.192. The standard InChI is InChI=1S/C14H9ClO2S/c15-18(16,17)14-12-7-3-1-5-10(12)9-11-6-2-4-8-13(11)14/h1-9H. The number of halogens is 1. The van der Waals surface area contributed by atoms with Crippen molar-refractivity contribution in [2.24, 2.45) is 0 Å². The molecule has 0 atom stereocenters. The molecule has 3 rings (SSSR count).